The average molecular weight is 310 g/mol. The third-order valence-corrected chi connectivity index (χ3v) is 3.93. The lowest BCUT2D eigenvalue weighted by Crippen LogP contribution is -2.20. The molecule has 0 radical (unpaired) electrons. The summed E-state index contributed by atoms with van der Waals surface area (Å²) in [6, 6.07) is 16.4. The molecule has 0 N–H and O–H groups in total. The van der Waals surface area contributed by atoms with Crippen LogP contribution in [0.25, 0.3) is 0 Å². The number of carbonyl (C=O) groups excluding carboxylic acids is 1. The summed E-state index contributed by atoms with van der Waals surface area (Å²) in [5, 5.41) is 0. The molecule has 0 bridgehead atoms. The fourth-order valence-electron chi connectivity index (χ4n) is 2.24. The summed E-state index contributed by atoms with van der Waals surface area (Å²) in [4.78, 5) is 12.0. The summed E-state index contributed by atoms with van der Waals surface area (Å²) < 4.78 is 5.80. The van der Waals surface area contributed by atoms with Gasteiger partial charge in [0.2, 0.25) is 0 Å². The van der Waals surface area contributed by atoms with Crippen LogP contribution in [0.4, 0.5) is 0 Å². The fraction of sp³-hybridized carbons (Fsp3) is 0.381. The standard InChI is InChI=1S/C21H26O2/c1-16-5-7-18(8-6-16)15-23-19-12-9-17(10-13-19)11-14-20(22)21(2,3)4/h5-10,12-13H,11,14-15H2,1-4H3. The van der Waals surface area contributed by atoms with Crippen molar-refractivity contribution in [2.24, 2.45) is 5.41 Å². The molecule has 0 aliphatic rings. The molecule has 0 spiro atoms. The smallest absolute Gasteiger partial charge is 0.138 e. The van der Waals surface area contributed by atoms with Crippen LogP contribution in [0, 0.1) is 12.3 Å². The van der Waals surface area contributed by atoms with Gasteiger partial charge in [0.25, 0.3) is 0 Å². The van der Waals surface area contributed by atoms with Gasteiger partial charge >= 0.3 is 0 Å². The van der Waals surface area contributed by atoms with Gasteiger partial charge in [-0.1, -0.05) is 62.7 Å². The molecule has 2 rings (SSSR count). The van der Waals surface area contributed by atoms with Crippen LogP contribution in [0.15, 0.2) is 48.5 Å². The first-order valence-electron chi connectivity index (χ1n) is 8.15. The maximum absolute atomic E-state index is 12.0. The number of carbonyl (C=O) groups is 1. The highest BCUT2D eigenvalue weighted by molar-refractivity contribution is 5.83. The zero-order valence-corrected chi connectivity index (χ0v) is 14.6. The molecule has 0 amide bonds. The molecule has 0 saturated heterocycles. The summed E-state index contributed by atoms with van der Waals surface area (Å²) in [7, 11) is 0. The highest BCUT2D eigenvalue weighted by atomic mass is 16.5. The maximum Gasteiger partial charge on any atom is 0.138 e. The predicted molar refractivity (Wildman–Crippen MR) is 94.7 cm³/mol. The molecular weight excluding hydrogens is 284 g/mol. The monoisotopic (exact) mass is 310 g/mol. The SMILES string of the molecule is Cc1ccc(COc2ccc(CCC(=O)C(C)(C)C)cc2)cc1. The van der Waals surface area contributed by atoms with Gasteiger partial charge < -0.3 is 4.74 Å². The van der Waals surface area contributed by atoms with Crippen molar-refractivity contribution in [2.45, 2.75) is 47.1 Å². The van der Waals surface area contributed by atoms with Gasteiger partial charge in [-0.05, 0) is 36.6 Å². The Hall–Kier alpha value is -2.09. The van der Waals surface area contributed by atoms with Crippen LogP contribution in [0.2, 0.25) is 0 Å². The number of hydrogen-bond acceptors (Lipinski definition) is 2. The van der Waals surface area contributed by atoms with Crippen molar-refractivity contribution in [2.75, 3.05) is 0 Å². The maximum atomic E-state index is 12.0. The largest absolute Gasteiger partial charge is 0.489 e. The minimum Gasteiger partial charge on any atom is -0.489 e. The van der Waals surface area contributed by atoms with Gasteiger partial charge in [-0.25, -0.2) is 0 Å². The van der Waals surface area contributed by atoms with E-state index in [1.54, 1.807) is 0 Å². The molecule has 0 aromatic heterocycles. The molecular formula is C21H26O2. The van der Waals surface area contributed by atoms with Gasteiger partial charge in [0.15, 0.2) is 0 Å². The van der Waals surface area contributed by atoms with Crippen LogP contribution in [0.1, 0.15) is 43.9 Å². The van der Waals surface area contributed by atoms with Crippen LogP contribution in [-0.4, -0.2) is 5.78 Å². The topological polar surface area (TPSA) is 26.3 Å². The van der Waals surface area contributed by atoms with Gasteiger partial charge in [0.1, 0.15) is 18.1 Å². The molecule has 23 heavy (non-hydrogen) atoms. The first-order chi connectivity index (χ1) is 10.8. The number of hydrogen-bond donors (Lipinski definition) is 0. The van der Waals surface area contributed by atoms with Gasteiger partial charge in [-0.3, -0.25) is 4.79 Å². The number of benzene rings is 2. The molecule has 0 fully saturated rings. The summed E-state index contributed by atoms with van der Waals surface area (Å²) in [5.74, 6) is 1.16. The normalized spacial score (nSPS) is 11.3. The van der Waals surface area contributed by atoms with Crippen molar-refractivity contribution in [3.63, 3.8) is 0 Å². The van der Waals surface area contributed by atoms with Crippen molar-refractivity contribution in [3.05, 3.63) is 65.2 Å². The van der Waals surface area contributed by atoms with E-state index in [0.717, 1.165) is 17.7 Å². The van der Waals surface area contributed by atoms with Crippen LogP contribution < -0.4 is 4.74 Å². The second kappa shape index (κ2) is 7.45. The lowest BCUT2D eigenvalue weighted by atomic mass is 9.87. The molecule has 0 saturated carbocycles. The Morgan fingerprint density at radius 2 is 1.48 bits per heavy atom. The molecule has 0 unspecified atom stereocenters. The van der Waals surface area contributed by atoms with Gasteiger partial charge in [0, 0.05) is 11.8 Å². The van der Waals surface area contributed by atoms with Crippen LogP contribution >= 0.6 is 0 Å². The highest BCUT2D eigenvalue weighted by Gasteiger charge is 2.20. The fourth-order valence-corrected chi connectivity index (χ4v) is 2.24. The summed E-state index contributed by atoms with van der Waals surface area (Å²) >= 11 is 0. The second-order valence-corrected chi connectivity index (χ2v) is 7.09. The van der Waals surface area contributed by atoms with E-state index in [1.807, 2.05) is 45.0 Å². The lowest BCUT2D eigenvalue weighted by molar-refractivity contribution is -0.126. The first-order valence-corrected chi connectivity index (χ1v) is 8.15. The zero-order chi connectivity index (χ0) is 16.9. The van der Waals surface area contributed by atoms with Crippen LogP contribution in [0.5, 0.6) is 5.75 Å². The van der Waals surface area contributed by atoms with E-state index in [-0.39, 0.29) is 5.41 Å². The molecule has 2 aromatic carbocycles. The minimum atomic E-state index is -0.253. The number of Topliss-reactive ketones (excluding diaryl/α,β-unsaturated/α-hetero) is 1. The number of aryl methyl sites for hydroxylation is 2. The van der Waals surface area contributed by atoms with E-state index < -0.39 is 0 Å². The molecule has 2 heteroatoms. The van der Waals surface area contributed by atoms with E-state index in [4.69, 9.17) is 4.74 Å². The Kier molecular flexibility index (Phi) is 5.59. The third-order valence-electron chi connectivity index (χ3n) is 3.93. The van der Waals surface area contributed by atoms with Crippen molar-refractivity contribution >= 4 is 5.78 Å². The molecule has 0 aliphatic heterocycles. The van der Waals surface area contributed by atoms with Gasteiger partial charge in [-0.15, -0.1) is 0 Å². The van der Waals surface area contributed by atoms with Crippen LogP contribution in [-0.2, 0) is 17.8 Å². The van der Waals surface area contributed by atoms with Gasteiger partial charge in [-0.2, -0.15) is 0 Å². The molecule has 0 aliphatic carbocycles. The number of ketones is 1. The first kappa shape index (κ1) is 17.3. The number of ether oxygens (including phenoxy) is 1. The Morgan fingerprint density at radius 3 is 2.04 bits per heavy atom. The average Bonchev–Trinajstić information content (AvgIpc) is 2.52. The second-order valence-electron chi connectivity index (χ2n) is 7.09. The minimum absolute atomic E-state index is 0.253. The van der Waals surface area contributed by atoms with Gasteiger partial charge in [0.05, 0.1) is 0 Å². The summed E-state index contributed by atoms with van der Waals surface area (Å²) in [6.07, 6.45) is 1.38. The van der Waals surface area contributed by atoms with Crippen molar-refractivity contribution in [1.82, 2.24) is 0 Å². The summed E-state index contributed by atoms with van der Waals surface area (Å²) in [6.45, 7) is 8.56. The van der Waals surface area contributed by atoms with Crippen LogP contribution in [0.3, 0.4) is 0 Å². The Balaban J connectivity index is 1.84. The number of rotatable bonds is 6. The molecule has 2 nitrogen and oxygen atoms in total. The van der Waals surface area contributed by atoms with Crippen molar-refractivity contribution in [1.29, 1.82) is 0 Å². The third kappa shape index (κ3) is 5.55. The molecule has 122 valence electrons. The van der Waals surface area contributed by atoms with E-state index >= 15 is 0 Å². The van der Waals surface area contributed by atoms with Crippen molar-refractivity contribution < 1.29 is 9.53 Å². The van der Waals surface area contributed by atoms with E-state index in [9.17, 15) is 4.79 Å². The highest BCUT2D eigenvalue weighted by Crippen LogP contribution is 2.20. The van der Waals surface area contributed by atoms with E-state index in [0.29, 0.717) is 18.8 Å². The quantitative estimate of drug-likeness (QED) is 0.740. The lowest BCUT2D eigenvalue weighted by Gasteiger charge is -2.16. The summed E-state index contributed by atoms with van der Waals surface area (Å²) in [5.41, 5.74) is 3.33. The van der Waals surface area contributed by atoms with E-state index in [1.165, 1.54) is 11.1 Å². The molecule has 0 heterocycles. The van der Waals surface area contributed by atoms with E-state index in [2.05, 4.69) is 31.2 Å². The predicted octanol–water partition coefficient (Wildman–Crippen LogP) is 5.12. The molecule has 2 aromatic rings. The Bertz CT molecular complexity index is 631. The molecule has 0 atom stereocenters. The zero-order valence-electron chi connectivity index (χ0n) is 14.6. The Morgan fingerprint density at radius 1 is 0.913 bits per heavy atom. The Labute approximate surface area is 139 Å². The van der Waals surface area contributed by atoms with Crippen molar-refractivity contribution in [3.8, 4) is 5.75 Å².